The normalized spacial score (nSPS) is 14.0. The number of ether oxygens (including phenoxy) is 2. The van der Waals surface area contributed by atoms with E-state index in [4.69, 9.17) is 9.47 Å². The lowest BCUT2D eigenvalue weighted by Crippen LogP contribution is -2.33. The molecule has 1 aromatic heterocycles. The molecule has 184 valence electrons. The van der Waals surface area contributed by atoms with Gasteiger partial charge >= 0.3 is 12.4 Å². The molecule has 0 aliphatic carbocycles. The van der Waals surface area contributed by atoms with Crippen LogP contribution in [-0.2, 0) is 17.1 Å². The van der Waals surface area contributed by atoms with Gasteiger partial charge in [-0.25, -0.2) is 4.68 Å². The molecule has 1 aliphatic rings. The highest BCUT2D eigenvalue weighted by molar-refractivity contribution is 5.93. The first kappa shape index (κ1) is 24.1. The summed E-state index contributed by atoms with van der Waals surface area (Å²) in [6.07, 6.45) is -10.2. The van der Waals surface area contributed by atoms with Gasteiger partial charge in [0.05, 0.1) is 16.8 Å². The summed E-state index contributed by atoms with van der Waals surface area (Å²) in [4.78, 5) is 25.0. The molecular formula is C22H15F6N3O4. The predicted molar refractivity (Wildman–Crippen MR) is 110 cm³/mol. The number of aromatic nitrogens is 2. The summed E-state index contributed by atoms with van der Waals surface area (Å²) in [7, 11) is 0. The van der Waals surface area contributed by atoms with E-state index in [1.165, 1.54) is 13.0 Å². The highest BCUT2D eigenvalue weighted by atomic mass is 19.4. The van der Waals surface area contributed by atoms with Crippen molar-refractivity contribution in [3.05, 3.63) is 70.0 Å². The molecular weight excluding hydrogens is 484 g/mol. The lowest BCUT2D eigenvalue weighted by Gasteiger charge is -2.17. The van der Waals surface area contributed by atoms with E-state index in [1.54, 1.807) is 18.2 Å². The molecule has 0 radical (unpaired) electrons. The highest BCUT2D eigenvalue weighted by Crippen LogP contribution is 2.38. The first-order valence-electron chi connectivity index (χ1n) is 9.93. The maximum Gasteiger partial charge on any atom is 0.416 e. The minimum Gasteiger partial charge on any atom is -0.454 e. The molecule has 0 saturated carbocycles. The van der Waals surface area contributed by atoms with Gasteiger partial charge in [0.15, 0.2) is 11.5 Å². The Kier molecular flexibility index (Phi) is 5.95. The minimum absolute atomic E-state index is 0.0362. The van der Waals surface area contributed by atoms with Gasteiger partial charge in [0, 0.05) is 17.3 Å². The van der Waals surface area contributed by atoms with Gasteiger partial charge in [-0.05, 0) is 49.4 Å². The Hall–Kier alpha value is -4.03. The van der Waals surface area contributed by atoms with Crippen molar-refractivity contribution in [2.75, 3.05) is 12.1 Å². The zero-order valence-corrected chi connectivity index (χ0v) is 17.7. The van der Waals surface area contributed by atoms with Crippen LogP contribution in [0.4, 0.5) is 32.0 Å². The second-order valence-corrected chi connectivity index (χ2v) is 7.53. The molecule has 2 heterocycles. The molecule has 1 aliphatic heterocycles. The maximum atomic E-state index is 13.1. The minimum atomic E-state index is -5.08. The molecule has 13 heteroatoms. The van der Waals surface area contributed by atoms with Crippen LogP contribution >= 0.6 is 0 Å². The Morgan fingerprint density at radius 2 is 1.57 bits per heavy atom. The molecule has 0 fully saturated rings. The molecule has 1 unspecified atom stereocenters. The van der Waals surface area contributed by atoms with Gasteiger partial charge < -0.3 is 14.8 Å². The number of hydrogen-bond donors (Lipinski definition) is 1. The Bertz CT molecular complexity index is 1320. The molecule has 2 aromatic carbocycles. The standard InChI is InChI=1S/C22H15F6N3O4/c1-11(20(33)29-15-8-13(21(23,24)25)7-14(9-15)22(26,27)28)31-19(32)5-3-16(30-31)12-2-4-17-18(6-12)35-10-34-17/h2-9,11H,10H2,1H3,(H,29,33). The molecule has 0 spiro atoms. The molecule has 1 amide bonds. The molecule has 1 atom stereocenters. The average molecular weight is 499 g/mol. The summed E-state index contributed by atoms with van der Waals surface area (Å²) in [5, 5.41) is 6.14. The fourth-order valence-electron chi connectivity index (χ4n) is 3.30. The van der Waals surface area contributed by atoms with Gasteiger partial charge in [0.2, 0.25) is 12.7 Å². The summed E-state index contributed by atoms with van der Waals surface area (Å²) in [6, 6.07) is 6.70. The fourth-order valence-corrected chi connectivity index (χ4v) is 3.30. The quantitative estimate of drug-likeness (QED) is 0.518. The maximum absolute atomic E-state index is 13.1. The van der Waals surface area contributed by atoms with Gasteiger partial charge in [0.25, 0.3) is 5.56 Å². The van der Waals surface area contributed by atoms with Crippen LogP contribution in [0.25, 0.3) is 11.3 Å². The van der Waals surface area contributed by atoms with Crippen LogP contribution in [0.1, 0.15) is 24.1 Å². The van der Waals surface area contributed by atoms with Crippen molar-refractivity contribution < 1.29 is 40.6 Å². The van der Waals surface area contributed by atoms with E-state index in [9.17, 15) is 35.9 Å². The Balaban J connectivity index is 1.63. The smallest absolute Gasteiger partial charge is 0.416 e. The lowest BCUT2D eigenvalue weighted by atomic mass is 10.1. The number of alkyl halides is 6. The largest absolute Gasteiger partial charge is 0.454 e. The van der Waals surface area contributed by atoms with E-state index in [-0.39, 0.29) is 18.6 Å². The van der Waals surface area contributed by atoms with Crippen molar-refractivity contribution in [2.45, 2.75) is 25.3 Å². The van der Waals surface area contributed by atoms with Crippen LogP contribution < -0.4 is 20.3 Å². The first-order chi connectivity index (χ1) is 16.3. The topological polar surface area (TPSA) is 82.5 Å². The van der Waals surface area contributed by atoms with Crippen LogP contribution in [0.3, 0.4) is 0 Å². The van der Waals surface area contributed by atoms with Crippen LogP contribution in [0.2, 0.25) is 0 Å². The average Bonchev–Trinajstić information content (AvgIpc) is 3.25. The first-order valence-corrected chi connectivity index (χ1v) is 9.93. The molecule has 35 heavy (non-hydrogen) atoms. The predicted octanol–water partition coefficient (Wildman–Crippen LogP) is 4.88. The molecule has 4 rings (SSSR count). The van der Waals surface area contributed by atoms with Crippen molar-refractivity contribution >= 4 is 11.6 Å². The molecule has 0 saturated heterocycles. The Morgan fingerprint density at radius 3 is 2.20 bits per heavy atom. The number of hydrogen-bond acceptors (Lipinski definition) is 5. The van der Waals surface area contributed by atoms with E-state index in [0.29, 0.717) is 29.2 Å². The lowest BCUT2D eigenvalue weighted by molar-refractivity contribution is -0.143. The van der Waals surface area contributed by atoms with Crippen LogP contribution in [0.15, 0.2) is 53.3 Å². The molecule has 7 nitrogen and oxygen atoms in total. The van der Waals surface area contributed by atoms with E-state index >= 15 is 0 Å². The number of halogens is 6. The number of carbonyl (C=O) groups is 1. The molecule has 3 aromatic rings. The summed E-state index contributed by atoms with van der Waals surface area (Å²) >= 11 is 0. The van der Waals surface area contributed by atoms with Crippen molar-refractivity contribution in [3.63, 3.8) is 0 Å². The van der Waals surface area contributed by atoms with Crippen molar-refractivity contribution in [1.82, 2.24) is 9.78 Å². The van der Waals surface area contributed by atoms with Gasteiger partial charge in [0.1, 0.15) is 6.04 Å². The number of nitrogens with zero attached hydrogens (tertiary/aromatic N) is 2. The second kappa shape index (κ2) is 8.64. The zero-order chi connectivity index (χ0) is 25.5. The van der Waals surface area contributed by atoms with Gasteiger partial charge in [-0.15, -0.1) is 0 Å². The number of nitrogens with one attached hydrogen (secondary N) is 1. The molecule has 0 bridgehead atoms. The Labute approximate surface area is 192 Å². The third kappa shape index (κ3) is 5.08. The van der Waals surface area contributed by atoms with E-state index in [1.807, 2.05) is 5.32 Å². The second-order valence-electron chi connectivity index (χ2n) is 7.53. The van der Waals surface area contributed by atoms with Gasteiger partial charge in [-0.3, -0.25) is 9.59 Å². The van der Waals surface area contributed by atoms with Crippen molar-refractivity contribution in [3.8, 4) is 22.8 Å². The van der Waals surface area contributed by atoms with E-state index in [0.717, 1.165) is 10.7 Å². The fraction of sp³-hybridized carbons (Fsp3) is 0.227. The van der Waals surface area contributed by atoms with Crippen LogP contribution in [0.5, 0.6) is 11.5 Å². The number of anilines is 1. The molecule has 1 N–H and O–H groups in total. The van der Waals surface area contributed by atoms with Crippen LogP contribution in [0, 0.1) is 0 Å². The van der Waals surface area contributed by atoms with Gasteiger partial charge in [-0.1, -0.05) is 0 Å². The van der Waals surface area contributed by atoms with Gasteiger partial charge in [-0.2, -0.15) is 31.4 Å². The number of rotatable bonds is 4. The summed E-state index contributed by atoms with van der Waals surface area (Å²) in [6.45, 7) is 1.26. The number of benzene rings is 2. The number of carbonyl (C=O) groups excluding carboxylic acids is 1. The zero-order valence-electron chi connectivity index (χ0n) is 17.7. The van der Waals surface area contributed by atoms with E-state index < -0.39 is 46.7 Å². The Morgan fingerprint density at radius 1 is 0.943 bits per heavy atom. The summed E-state index contributed by atoms with van der Waals surface area (Å²) < 4.78 is 89.8. The third-order valence-corrected chi connectivity index (χ3v) is 5.09. The van der Waals surface area contributed by atoms with Crippen LogP contribution in [-0.4, -0.2) is 22.5 Å². The number of amides is 1. The van der Waals surface area contributed by atoms with Crippen molar-refractivity contribution in [2.24, 2.45) is 0 Å². The monoisotopic (exact) mass is 499 g/mol. The summed E-state index contributed by atoms with van der Waals surface area (Å²) in [5.74, 6) is -0.0955. The highest BCUT2D eigenvalue weighted by Gasteiger charge is 2.37. The van der Waals surface area contributed by atoms with E-state index in [2.05, 4.69) is 5.10 Å². The van der Waals surface area contributed by atoms with Crippen molar-refractivity contribution in [1.29, 1.82) is 0 Å². The third-order valence-electron chi connectivity index (χ3n) is 5.09. The summed E-state index contributed by atoms with van der Waals surface area (Å²) in [5.41, 5.74) is -3.84. The SMILES string of the molecule is CC(C(=O)Nc1cc(C(F)(F)F)cc(C(F)(F)F)c1)n1nc(-c2ccc3c(c2)OCO3)ccc1=O. The number of fused-ring (bicyclic) bond motifs is 1.